The molecule has 9 nitrogen and oxygen atoms in total. The molecule has 1 heterocycles. The molecular formula is C21H38N4O5S2. The van der Waals surface area contributed by atoms with Gasteiger partial charge in [0.1, 0.15) is 18.1 Å². The Morgan fingerprint density at radius 1 is 1.06 bits per heavy atom. The summed E-state index contributed by atoms with van der Waals surface area (Å²) in [5, 5.41) is 14.7. The second-order valence-corrected chi connectivity index (χ2v) is 10.4. The van der Waals surface area contributed by atoms with Gasteiger partial charge in [-0.1, -0.05) is 13.8 Å². The lowest BCUT2D eigenvalue weighted by Gasteiger charge is -2.29. The molecule has 1 aliphatic heterocycles. The molecule has 0 spiro atoms. The van der Waals surface area contributed by atoms with Crippen LogP contribution in [0.2, 0.25) is 0 Å². The predicted octanol–water partition coefficient (Wildman–Crippen LogP) is 0.911. The lowest BCUT2D eigenvalue weighted by molar-refractivity contribution is -0.143. The minimum Gasteiger partial charge on any atom is -0.480 e. The smallest absolute Gasteiger partial charge is 0.326 e. The first kappa shape index (κ1) is 28.6. The molecule has 5 N–H and O–H groups in total. The molecule has 0 aromatic carbocycles. The zero-order valence-corrected chi connectivity index (χ0v) is 21.1. The van der Waals surface area contributed by atoms with E-state index in [0.717, 1.165) is 0 Å². The first-order valence-corrected chi connectivity index (χ1v) is 13.8. The molecule has 0 aromatic rings. The average molecular weight is 491 g/mol. The Morgan fingerprint density at radius 2 is 1.66 bits per heavy atom. The van der Waals surface area contributed by atoms with Gasteiger partial charge in [0.2, 0.25) is 17.7 Å². The molecule has 0 saturated carbocycles. The van der Waals surface area contributed by atoms with Gasteiger partial charge in [0.05, 0.1) is 6.04 Å². The summed E-state index contributed by atoms with van der Waals surface area (Å²) >= 11 is 3.03. The molecule has 32 heavy (non-hydrogen) atoms. The number of nitrogens with one attached hydrogen (secondary N) is 2. The van der Waals surface area contributed by atoms with Crippen LogP contribution in [0.3, 0.4) is 0 Å². The Kier molecular flexibility index (Phi) is 13.1. The molecule has 1 fully saturated rings. The maximum atomic E-state index is 13.0. The van der Waals surface area contributed by atoms with E-state index in [9.17, 15) is 24.3 Å². The summed E-state index contributed by atoms with van der Waals surface area (Å²) in [7, 11) is 0. The third-order valence-corrected chi connectivity index (χ3v) is 6.64. The summed E-state index contributed by atoms with van der Waals surface area (Å²) < 4.78 is 0. The number of hydrogen-bond donors (Lipinski definition) is 4. The Morgan fingerprint density at radius 3 is 2.19 bits per heavy atom. The fourth-order valence-corrected chi connectivity index (χ4v) is 4.61. The van der Waals surface area contributed by atoms with Crippen LogP contribution in [0.5, 0.6) is 0 Å². The number of carboxylic acid groups (broad SMARTS) is 1. The van der Waals surface area contributed by atoms with Crippen molar-refractivity contribution < 1.29 is 24.3 Å². The van der Waals surface area contributed by atoms with Crippen LogP contribution < -0.4 is 16.4 Å². The highest BCUT2D eigenvalue weighted by molar-refractivity contribution is 7.98. The highest BCUT2D eigenvalue weighted by atomic mass is 32.2. The number of hydrogen-bond acceptors (Lipinski definition) is 7. The van der Waals surface area contributed by atoms with Gasteiger partial charge in [-0.3, -0.25) is 14.4 Å². The highest BCUT2D eigenvalue weighted by Crippen LogP contribution is 2.20. The molecule has 1 rings (SSSR count). The summed E-state index contributed by atoms with van der Waals surface area (Å²) in [4.78, 5) is 51.6. The lowest BCUT2D eigenvalue weighted by Crippen LogP contribution is -2.56. The SMILES string of the molecule is CSCCC(NC(=O)C(CCSC)NC(=O)C1CCCN1C(=O)C(N)CC(C)C)C(=O)O. The van der Waals surface area contributed by atoms with Crippen LogP contribution in [-0.4, -0.2) is 88.4 Å². The molecule has 3 amide bonds. The van der Waals surface area contributed by atoms with Gasteiger partial charge in [0.15, 0.2) is 0 Å². The molecule has 0 aliphatic carbocycles. The van der Waals surface area contributed by atoms with E-state index in [-0.39, 0.29) is 11.8 Å². The molecule has 4 atom stereocenters. The number of amides is 3. The van der Waals surface area contributed by atoms with Gasteiger partial charge >= 0.3 is 5.97 Å². The average Bonchev–Trinajstić information content (AvgIpc) is 3.22. The van der Waals surface area contributed by atoms with Gasteiger partial charge in [-0.25, -0.2) is 4.79 Å². The van der Waals surface area contributed by atoms with E-state index < -0.39 is 42.0 Å². The number of carbonyl (C=O) groups is 4. The number of carboxylic acids is 1. The van der Waals surface area contributed by atoms with E-state index in [1.54, 1.807) is 0 Å². The number of carbonyl (C=O) groups excluding carboxylic acids is 3. The van der Waals surface area contributed by atoms with Crippen molar-refractivity contribution in [2.75, 3.05) is 30.6 Å². The van der Waals surface area contributed by atoms with E-state index in [0.29, 0.717) is 50.2 Å². The number of rotatable bonds is 14. The molecule has 1 aliphatic rings. The predicted molar refractivity (Wildman–Crippen MR) is 130 cm³/mol. The highest BCUT2D eigenvalue weighted by Gasteiger charge is 2.37. The van der Waals surface area contributed by atoms with Crippen molar-refractivity contribution in [1.29, 1.82) is 0 Å². The Balaban J connectivity index is 2.86. The maximum Gasteiger partial charge on any atom is 0.326 e. The van der Waals surface area contributed by atoms with Crippen molar-refractivity contribution >= 4 is 47.2 Å². The molecule has 1 saturated heterocycles. The second kappa shape index (κ2) is 14.6. The fourth-order valence-electron chi connectivity index (χ4n) is 3.66. The van der Waals surface area contributed by atoms with Crippen LogP contribution in [0.1, 0.15) is 46.0 Å². The number of nitrogens with two attached hydrogens (primary N) is 1. The monoisotopic (exact) mass is 490 g/mol. The summed E-state index contributed by atoms with van der Waals surface area (Å²) in [6.07, 6.45) is 6.15. The number of aliphatic carboxylic acids is 1. The second-order valence-electron chi connectivity index (χ2n) is 8.45. The molecule has 4 unspecified atom stereocenters. The van der Waals surface area contributed by atoms with Crippen molar-refractivity contribution in [3.8, 4) is 0 Å². The van der Waals surface area contributed by atoms with Crippen molar-refractivity contribution in [3.05, 3.63) is 0 Å². The Labute approximate surface area is 199 Å². The minimum absolute atomic E-state index is 0.246. The van der Waals surface area contributed by atoms with Gasteiger partial charge in [0.25, 0.3) is 0 Å². The van der Waals surface area contributed by atoms with E-state index in [1.165, 1.54) is 28.4 Å². The topological polar surface area (TPSA) is 142 Å². The number of nitrogens with zero attached hydrogens (tertiary/aromatic N) is 1. The van der Waals surface area contributed by atoms with Gasteiger partial charge in [-0.05, 0) is 62.0 Å². The first-order chi connectivity index (χ1) is 15.1. The lowest BCUT2D eigenvalue weighted by atomic mass is 10.0. The van der Waals surface area contributed by atoms with Gasteiger partial charge < -0.3 is 26.4 Å². The molecule has 0 radical (unpaired) electrons. The van der Waals surface area contributed by atoms with Crippen molar-refractivity contribution in [2.45, 2.75) is 70.1 Å². The van der Waals surface area contributed by atoms with Crippen LogP contribution in [0, 0.1) is 5.92 Å². The zero-order chi connectivity index (χ0) is 24.3. The first-order valence-electron chi connectivity index (χ1n) is 11.0. The van der Waals surface area contributed by atoms with E-state index in [1.807, 2.05) is 26.4 Å². The number of likely N-dealkylation sites (tertiary alicyclic amines) is 1. The summed E-state index contributed by atoms with van der Waals surface area (Å²) in [5.74, 6) is -0.795. The summed E-state index contributed by atoms with van der Waals surface area (Å²) in [6.45, 7) is 4.43. The van der Waals surface area contributed by atoms with Crippen molar-refractivity contribution in [1.82, 2.24) is 15.5 Å². The maximum absolute atomic E-state index is 13.0. The van der Waals surface area contributed by atoms with Crippen molar-refractivity contribution in [3.63, 3.8) is 0 Å². The van der Waals surface area contributed by atoms with Crippen LogP contribution in [0.4, 0.5) is 0 Å². The summed E-state index contributed by atoms with van der Waals surface area (Å²) in [5.41, 5.74) is 6.05. The molecule has 0 bridgehead atoms. The third kappa shape index (κ3) is 9.19. The Hall–Kier alpha value is -1.46. The Bertz CT molecular complexity index is 650. The van der Waals surface area contributed by atoms with E-state index >= 15 is 0 Å². The normalized spacial score (nSPS) is 18.8. The van der Waals surface area contributed by atoms with Crippen LogP contribution in [0.15, 0.2) is 0 Å². The van der Waals surface area contributed by atoms with E-state index in [2.05, 4.69) is 10.6 Å². The van der Waals surface area contributed by atoms with Gasteiger partial charge in [-0.2, -0.15) is 23.5 Å². The molecule has 184 valence electrons. The van der Waals surface area contributed by atoms with Crippen molar-refractivity contribution in [2.24, 2.45) is 11.7 Å². The molecular weight excluding hydrogens is 452 g/mol. The largest absolute Gasteiger partial charge is 0.480 e. The quantitative estimate of drug-likeness (QED) is 0.281. The number of thioether (sulfide) groups is 2. The molecule has 11 heteroatoms. The standard InChI is InChI=1S/C21H38N4O5S2/c1-13(2)12-14(22)20(28)25-9-5-6-17(25)19(27)23-15(7-10-31-3)18(26)24-16(21(29)30)8-11-32-4/h13-17H,5-12,22H2,1-4H3,(H,23,27)(H,24,26)(H,29,30). The van der Waals surface area contributed by atoms with Gasteiger partial charge in [0, 0.05) is 6.54 Å². The van der Waals surface area contributed by atoms with Gasteiger partial charge in [-0.15, -0.1) is 0 Å². The zero-order valence-electron chi connectivity index (χ0n) is 19.5. The minimum atomic E-state index is -1.10. The fraction of sp³-hybridized carbons (Fsp3) is 0.810. The van der Waals surface area contributed by atoms with Crippen LogP contribution >= 0.6 is 23.5 Å². The molecule has 0 aromatic heterocycles. The van der Waals surface area contributed by atoms with E-state index in [4.69, 9.17) is 5.73 Å². The van der Waals surface area contributed by atoms with Crippen LogP contribution in [-0.2, 0) is 19.2 Å². The third-order valence-electron chi connectivity index (χ3n) is 5.35. The summed E-state index contributed by atoms with van der Waals surface area (Å²) in [6, 6.07) is -3.21. The van der Waals surface area contributed by atoms with Crippen LogP contribution in [0.25, 0.3) is 0 Å².